The Morgan fingerprint density at radius 2 is 2.00 bits per heavy atom. The van der Waals surface area contributed by atoms with E-state index in [1.807, 2.05) is 0 Å². The van der Waals surface area contributed by atoms with Crippen LogP contribution >= 0.6 is 0 Å². The van der Waals surface area contributed by atoms with E-state index in [-0.39, 0.29) is 0 Å². The van der Waals surface area contributed by atoms with Gasteiger partial charge in [-0.1, -0.05) is 25.1 Å². The number of rotatable bonds is 2. The molecule has 0 heterocycles. The fourth-order valence-electron chi connectivity index (χ4n) is 2.93. The van der Waals surface area contributed by atoms with Crippen LogP contribution in [0.2, 0.25) is 0 Å². The van der Waals surface area contributed by atoms with Crippen molar-refractivity contribution < 1.29 is 0 Å². The Balaban J connectivity index is 1.97. The molecule has 1 aromatic carbocycles. The highest BCUT2D eigenvalue weighted by Gasteiger charge is 2.43. The van der Waals surface area contributed by atoms with Crippen LogP contribution in [0.25, 0.3) is 0 Å². The third-order valence-corrected chi connectivity index (χ3v) is 4.20. The molecule has 1 unspecified atom stereocenters. The first-order valence-corrected chi connectivity index (χ1v) is 6.06. The van der Waals surface area contributed by atoms with E-state index in [1.165, 1.54) is 31.2 Å². The van der Waals surface area contributed by atoms with Gasteiger partial charge in [-0.25, -0.2) is 0 Å². The number of hydrogen-bond donors (Lipinski definition) is 1. The minimum absolute atomic E-state index is 0.362. The van der Waals surface area contributed by atoms with E-state index < -0.39 is 0 Å². The van der Waals surface area contributed by atoms with Gasteiger partial charge in [-0.2, -0.15) is 0 Å². The molecule has 0 bridgehead atoms. The number of nitrogens with two attached hydrogens (primary N) is 1. The van der Waals surface area contributed by atoms with Crippen LogP contribution in [0.1, 0.15) is 36.5 Å². The van der Waals surface area contributed by atoms with Crippen molar-refractivity contribution >= 4 is 0 Å². The molecule has 0 aliphatic heterocycles. The predicted molar refractivity (Wildman–Crippen MR) is 63.0 cm³/mol. The monoisotopic (exact) mass is 201 g/mol. The lowest BCUT2D eigenvalue weighted by Gasteiger charge is -2.14. The first-order valence-electron chi connectivity index (χ1n) is 6.06. The average molecular weight is 201 g/mol. The summed E-state index contributed by atoms with van der Waals surface area (Å²) in [5.74, 6) is 0.836. The van der Waals surface area contributed by atoms with Crippen molar-refractivity contribution in [2.24, 2.45) is 11.7 Å². The smallest absolute Gasteiger partial charge is 0.00763 e. The number of benzene rings is 1. The molecule has 2 aliphatic carbocycles. The Morgan fingerprint density at radius 1 is 1.27 bits per heavy atom. The number of hydrogen-bond acceptors (Lipinski definition) is 1. The summed E-state index contributed by atoms with van der Waals surface area (Å²) in [6.07, 6.45) is 5.12. The normalized spacial score (nSPS) is 26.4. The Morgan fingerprint density at radius 3 is 2.67 bits per heavy atom. The maximum Gasteiger partial charge on any atom is 0.00763 e. The van der Waals surface area contributed by atoms with Crippen LogP contribution in [-0.2, 0) is 18.3 Å². The zero-order valence-corrected chi connectivity index (χ0v) is 9.42. The topological polar surface area (TPSA) is 26.0 Å². The van der Waals surface area contributed by atoms with E-state index in [1.54, 1.807) is 11.1 Å². The maximum atomic E-state index is 5.87. The molecule has 1 saturated carbocycles. The van der Waals surface area contributed by atoms with Gasteiger partial charge in [0.2, 0.25) is 0 Å². The van der Waals surface area contributed by atoms with Gasteiger partial charge in [-0.15, -0.1) is 0 Å². The summed E-state index contributed by atoms with van der Waals surface area (Å²) in [6.45, 7) is 3.16. The summed E-state index contributed by atoms with van der Waals surface area (Å²) >= 11 is 0. The highest BCUT2D eigenvalue weighted by Crippen LogP contribution is 2.48. The van der Waals surface area contributed by atoms with Gasteiger partial charge < -0.3 is 5.73 Å². The van der Waals surface area contributed by atoms with Crippen molar-refractivity contribution in [3.8, 4) is 0 Å². The fourth-order valence-corrected chi connectivity index (χ4v) is 2.93. The molecule has 2 aliphatic rings. The quantitative estimate of drug-likeness (QED) is 0.781. The van der Waals surface area contributed by atoms with Crippen molar-refractivity contribution in [3.63, 3.8) is 0 Å². The Hall–Kier alpha value is -0.820. The molecule has 0 amide bonds. The lowest BCUT2D eigenvalue weighted by molar-refractivity contribution is 0.627. The standard InChI is InChI=1S/C14H19N/c1-10-6-11-2-3-13(8-12(11)7-10)14(9-15)4-5-14/h2-3,8,10H,4-7,9,15H2,1H3. The molecule has 1 nitrogen and oxygen atoms in total. The van der Waals surface area contributed by atoms with Crippen LogP contribution in [-0.4, -0.2) is 6.54 Å². The zero-order valence-electron chi connectivity index (χ0n) is 9.42. The second-order valence-corrected chi connectivity index (χ2v) is 5.48. The molecule has 2 N–H and O–H groups in total. The van der Waals surface area contributed by atoms with Crippen molar-refractivity contribution in [1.29, 1.82) is 0 Å². The third kappa shape index (κ3) is 1.41. The largest absolute Gasteiger partial charge is 0.330 e. The van der Waals surface area contributed by atoms with Gasteiger partial charge in [0.15, 0.2) is 0 Å². The summed E-state index contributed by atoms with van der Waals surface area (Å²) in [7, 11) is 0. The molecule has 80 valence electrons. The highest BCUT2D eigenvalue weighted by atomic mass is 14.7. The second-order valence-electron chi connectivity index (χ2n) is 5.48. The molecular weight excluding hydrogens is 182 g/mol. The molecule has 15 heavy (non-hydrogen) atoms. The first-order chi connectivity index (χ1) is 7.23. The molecule has 1 heteroatoms. The zero-order chi connectivity index (χ0) is 10.5. The van der Waals surface area contributed by atoms with E-state index in [0.717, 1.165) is 12.5 Å². The van der Waals surface area contributed by atoms with Crippen molar-refractivity contribution in [2.45, 2.75) is 38.0 Å². The van der Waals surface area contributed by atoms with Crippen molar-refractivity contribution in [1.82, 2.24) is 0 Å². The molecule has 0 radical (unpaired) electrons. The molecular formula is C14H19N. The van der Waals surface area contributed by atoms with E-state index in [9.17, 15) is 0 Å². The summed E-state index contributed by atoms with van der Waals surface area (Å²) < 4.78 is 0. The molecule has 1 fully saturated rings. The maximum absolute atomic E-state index is 5.87. The molecule has 1 aromatic rings. The van der Waals surface area contributed by atoms with Gasteiger partial charge in [0.1, 0.15) is 0 Å². The van der Waals surface area contributed by atoms with Crippen LogP contribution in [0.3, 0.4) is 0 Å². The van der Waals surface area contributed by atoms with E-state index in [0.29, 0.717) is 5.41 Å². The van der Waals surface area contributed by atoms with Crippen LogP contribution < -0.4 is 5.73 Å². The first kappa shape index (κ1) is 9.41. The van der Waals surface area contributed by atoms with E-state index >= 15 is 0 Å². The average Bonchev–Trinajstić information content (AvgIpc) is 2.94. The summed E-state index contributed by atoms with van der Waals surface area (Å²) in [5.41, 5.74) is 10.9. The van der Waals surface area contributed by atoms with E-state index in [2.05, 4.69) is 25.1 Å². The Kier molecular flexibility index (Phi) is 1.93. The van der Waals surface area contributed by atoms with Gasteiger partial charge in [-0.05, 0) is 48.3 Å². The highest BCUT2D eigenvalue weighted by molar-refractivity contribution is 5.41. The Labute approximate surface area is 91.7 Å². The molecule has 0 saturated heterocycles. The van der Waals surface area contributed by atoms with Crippen LogP contribution in [0.15, 0.2) is 18.2 Å². The van der Waals surface area contributed by atoms with Gasteiger partial charge in [0.05, 0.1) is 0 Å². The van der Waals surface area contributed by atoms with Crippen LogP contribution in [0.5, 0.6) is 0 Å². The van der Waals surface area contributed by atoms with E-state index in [4.69, 9.17) is 5.73 Å². The summed E-state index contributed by atoms with van der Waals surface area (Å²) in [6, 6.07) is 7.08. The summed E-state index contributed by atoms with van der Waals surface area (Å²) in [4.78, 5) is 0. The summed E-state index contributed by atoms with van der Waals surface area (Å²) in [5, 5.41) is 0. The second kappa shape index (κ2) is 3.08. The lowest BCUT2D eigenvalue weighted by Crippen LogP contribution is -2.19. The fraction of sp³-hybridized carbons (Fsp3) is 0.571. The van der Waals surface area contributed by atoms with Gasteiger partial charge in [0.25, 0.3) is 0 Å². The minimum atomic E-state index is 0.362. The lowest BCUT2D eigenvalue weighted by atomic mass is 9.93. The number of fused-ring (bicyclic) bond motifs is 1. The Bertz CT molecular complexity index is 390. The molecule has 3 rings (SSSR count). The molecule has 1 atom stereocenters. The van der Waals surface area contributed by atoms with Crippen LogP contribution in [0.4, 0.5) is 0 Å². The third-order valence-electron chi connectivity index (χ3n) is 4.20. The van der Waals surface area contributed by atoms with Gasteiger partial charge in [0, 0.05) is 12.0 Å². The van der Waals surface area contributed by atoms with Gasteiger partial charge in [-0.3, -0.25) is 0 Å². The van der Waals surface area contributed by atoms with Gasteiger partial charge >= 0.3 is 0 Å². The van der Waals surface area contributed by atoms with Crippen LogP contribution in [0, 0.1) is 5.92 Å². The molecule has 0 aromatic heterocycles. The molecule has 0 spiro atoms. The predicted octanol–water partition coefficient (Wildman–Crippen LogP) is 2.41. The van der Waals surface area contributed by atoms with Crippen molar-refractivity contribution in [2.75, 3.05) is 6.54 Å². The minimum Gasteiger partial charge on any atom is -0.330 e. The van der Waals surface area contributed by atoms with Crippen molar-refractivity contribution in [3.05, 3.63) is 34.9 Å². The SMILES string of the molecule is CC1Cc2ccc(C3(CN)CC3)cc2C1.